The van der Waals surface area contributed by atoms with Gasteiger partial charge in [0.05, 0.1) is 0 Å². The lowest BCUT2D eigenvalue weighted by Crippen LogP contribution is -1.91. The van der Waals surface area contributed by atoms with E-state index in [1.54, 1.807) is 12.1 Å². The normalized spacial score (nSPS) is 10.7. The van der Waals surface area contributed by atoms with E-state index in [4.69, 9.17) is 16.1 Å². The van der Waals surface area contributed by atoms with Gasteiger partial charge in [-0.3, -0.25) is 0 Å². The van der Waals surface area contributed by atoms with Crippen LogP contribution in [0.4, 0.5) is 4.39 Å². The Morgan fingerprint density at radius 3 is 2.55 bits per heavy atom. The van der Waals surface area contributed by atoms with Crippen molar-refractivity contribution < 1.29 is 8.91 Å². The van der Waals surface area contributed by atoms with Crippen molar-refractivity contribution in [1.29, 1.82) is 0 Å². The molecule has 1 heterocycles. The molecule has 3 nitrogen and oxygen atoms in total. The fourth-order valence-electron chi connectivity index (χ4n) is 1.85. The first kappa shape index (κ1) is 12.8. The van der Waals surface area contributed by atoms with Crippen LogP contribution in [0.15, 0.2) is 53.1 Å². The van der Waals surface area contributed by atoms with Gasteiger partial charge in [-0.05, 0) is 35.9 Å². The van der Waals surface area contributed by atoms with Gasteiger partial charge in [-0.1, -0.05) is 35.0 Å². The highest BCUT2D eigenvalue weighted by Crippen LogP contribution is 2.21. The lowest BCUT2D eigenvalue weighted by Gasteiger charge is -1.98. The summed E-state index contributed by atoms with van der Waals surface area (Å²) in [5.41, 5.74) is 1.62. The number of nitrogens with zero attached hydrogens (tertiary/aromatic N) is 2. The Morgan fingerprint density at radius 1 is 1.05 bits per heavy atom. The van der Waals surface area contributed by atoms with E-state index in [2.05, 4.69) is 10.1 Å². The summed E-state index contributed by atoms with van der Waals surface area (Å²) in [6, 6.07) is 13.4. The van der Waals surface area contributed by atoms with E-state index in [0.717, 1.165) is 5.56 Å². The van der Waals surface area contributed by atoms with Crippen molar-refractivity contribution in [3.05, 3.63) is 70.8 Å². The summed E-state index contributed by atoms with van der Waals surface area (Å²) in [4.78, 5) is 4.29. The van der Waals surface area contributed by atoms with Gasteiger partial charge in [0.1, 0.15) is 5.82 Å². The van der Waals surface area contributed by atoms with Crippen LogP contribution >= 0.6 is 11.6 Å². The molecule has 0 bridgehead atoms. The Labute approximate surface area is 120 Å². The van der Waals surface area contributed by atoms with Gasteiger partial charge in [-0.15, -0.1) is 0 Å². The summed E-state index contributed by atoms with van der Waals surface area (Å²) >= 11 is 6.09. The lowest BCUT2D eigenvalue weighted by atomic mass is 10.1. The Balaban J connectivity index is 1.84. The Kier molecular flexibility index (Phi) is 3.48. The average molecular weight is 289 g/mol. The zero-order chi connectivity index (χ0) is 13.9. The molecule has 0 saturated heterocycles. The molecule has 2 aromatic carbocycles. The monoisotopic (exact) mass is 288 g/mol. The first-order chi connectivity index (χ1) is 9.72. The zero-order valence-corrected chi connectivity index (χ0v) is 11.1. The summed E-state index contributed by atoms with van der Waals surface area (Å²) in [6.07, 6.45) is 0.490. The standard InChI is InChI=1S/C15H10ClFN2O/c16-13-4-2-1-3-11(13)9-14-18-15(20-19-14)10-5-7-12(17)8-6-10/h1-8H,9H2. The number of benzene rings is 2. The van der Waals surface area contributed by atoms with E-state index in [1.165, 1.54) is 12.1 Å². The van der Waals surface area contributed by atoms with Gasteiger partial charge in [-0.25, -0.2) is 4.39 Å². The molecule has 0 aliphatic heterocycles. The summed E-state index contributed by atoms with van der Waals surface area (Å²) < 4.78 is 18.0. The summed E-state index contributed by atoms with van der Waals surface area (Å²) in [5, 5.41) is 4.58. The SMILES string of the molecule is Fc1ccc(-c2nc(Cc3ccccc3Cl)no2)cc1. The third-order valence-corrected chi connectivity index (χ3v) is 3.23. The second-order valence-electron chi connectivity index (χ2n) is 4.29. The molecule has 100 valence electrons. The molecule has 5 heteroatoms. The molecule has 0 aliphatic carbocycles. The van der Waals surface area contributed by atoms with E-state index in [1.807, 2.05) is 24.3 Å². The second-order valence-corrected chi connectivity index (χ2v) is 4.70. The fourth-order valence-corrected chi connectivity index (χ4v) is 2.05. The maximum Gasteiger partial charge on any atom is 0.257 e. The molecule has 3 rings (SSSR count). The lowest BCUT2D eigenvalue weighted by molar-refractivity contribution is 0.424. The van der Waals surface area contributed by atoms with E-state index in [0.29, 0.717) is 28.7 Å². The summed E-state index contributed by atoms with van der Waals surface area (Å²) in [7, 11) is 0. The molecule has 0 atom stereocenters. The average Bonchev–Trinajstić information content (AvgIpc) is 2.91. The van der Waals surface area contributed by atoms with Crippen LogP contribution in [0.1, 0.15) is 11.4 Å². The quantitative estimate of drug-likeness (QED) is 0.728. The minimum atomic E-state index is -0.301. The predicted octanol–water partition coefficient (Wildman–Crippen LogP) is 4.12. The van der Waals surface area contributed by atoms with Crippen molar-refractivity contribution in [3.8, 4) is 11.5 Å². The van der Waals surface area contributed by atoms with Gasteiger partial charge in [0.2, 0.25) is 0 Å². The van der Waals surface area contributed by atoms with Gasteiger partial charge >= 0.3 is 0 Å². The molecule has 0 amide bonds. The van der Waals surface area contributed by atoms with Crippen LogP contribution in [0.3, 0.4) is 0 Å². The van der Waals surface area contributed by atoms with Crippen molar-refractivity contribution in [2.75, 3.05) is 0 Å². The van der Waals surface area contributed by atoms with Crippen LogP contribution in [0.5, 0.6) is 0 Å². The Morgan fingerprint density at radius 2 is 1.80 bits per heavy atom. The highest BCUT2D eigenvalue weighted by Gasteiger charge is 2.10. The molecule has 1 aromatic heterocycles. The van der Waals surface area contributed by atoms with Gasteiger partial charge in [-0.2, -0.15) is 4.98 Å². The third-order valence-electron chi connectivity index (χ3n) is 2.87. The van der Waals surface area contributed by atoms with Crippen LogP contribution in [0.2, 0.25) is 5.02 Å². The van der Waals surface area contributed by atoms with Gasteiger partial charge in [0.25, 0.3) is 5.89 Å². The third kappa shape index (κ3) is 2.70. The molecular formula is C15H10ClFN2O. The van der Waals surface area contributed by atoms with Gasteiger partial charge in [0.15, 0.2) is 5.82 Å². The van der Waals surface area contributed by atoms with Crippen LogP contribution in [-0.2, 0) is 6.42 Å². The van der Waals surface area contributed by atoms with Crippen LogP contribution in [0.25, 0.3) is 11.5 Å². The molecule has 0 fully saturated rings. The van der Waals surface area contributed by atoms with Crippen LogP contribution in [0, 0.1) is 5.82 Å². The van der Waals surface area contributed by atoms with Crippen molar-refractivity contribution in [2.45, 2.75) is 6.42 Å². The molecule has 0 N–H and O–H groups in total. The molecule has 20 heavy (non-hydrogen) atoms. The highest BCUT2D eigenvalue weighted by molar-refractivity contribution is 6.31. The second kappa shape index (κ2) is 5.43. The smallest absolute Gasteiger partial charge is 0.257 e. The minimum absolute atomic E-state index is 0.301. The van der Waals surface area contributed by atoms with Gasteiger partial charge in [0, 0.05) is 17.0 Å². The van der Waals surface area contributed by atoms with E-state index < -0.39 is 0 Å². The van der Waals surface area contributed by atoms with Crippen molar-refractivity contribution in [1.82, 2.24) is 10.1 Å². The number of rotatable bonds is 3. The number of hydrogen-bond donors (Lipinski definition) is 0. The maximum atomic E-state index is 12.9. The summed E-state index contributed by atoms with van der Waals surface area (Å²) in [5.74, 6) is 0.606. The molecular weight excluding hydrogens is 279 g/mol. The number of hydrogen-bond acceptors (Lipinski definition) is 3. The largest absolute Gasteiger partial charge is 0.334 e. The molecule has 3 aromatic rings. The molecule has 0 aliphatic rings. The van der Waals surface area contributed by atoms with E-state index >= 15 is 0 Å². The molecule has 0 saturated carbocycles. The molecule has 0 spiro atoms. The van der Waals surface area contributed by atoms with Crippen molar-refractivity contribution in [3.63, 3.8) is 0 Å². The van der Waals surface area contributed by atoms with E-state index in [9.17, 15) is 4.39 Å². The highest BCUT2D eigenvalue weighted by atomic mass is 35.5. The Hall–Kier alpha value is -2.20. The number of halogens is 2. The van der Waals surface area contributed by atoms with Crippen LogP contribution in [-0.4, -0.2) is 10.1 Å². The topological polar surface area (TPSA) is 38.9 Å². The van der Waals surface area contributed by atoms with Crippen molar-refractivity contribution >= 4 is 11.6 Å². The van der Waals surface area contributed by atoms with Crippen molar-refractivity contribution in [2.24, 2.45) is 0 Å². The first-order valence-corrected chi connectivity index (χ1v) is 6.42. The first-order valence-electron chi connectivity index (χ1n) is 6.04. The van der Waals surface area contributed by atoms with E-state index in [-0.39, 0.29) is 5.82 Å². The molecule has 0 unspecified atom stereocenters. The zero-order valence-electron chi connectivity index (χ0n) is 10.4. The molecule has 0 radical (unpaired) electrons. The fraction of sp³-hybridized carbons (Fsp3) is 0.0667. The van der Waals surface area contributed by atoms with Gasteiger partial charge < -0.3 is 4.52 Å². The number of aromatic nitrogens is 2. The summed E-state index contributed by atoms with van der Waals surface area (Å²) in [6.45, 7) is 0. The minimum Gasteiger partial charge on any atom is -0.334 e. The predicted molar refractivity (Wildman–Crippen MR) is 74.0 cm³/mol. The Bertz CT molecular complexity index is 725. The maximum absolute atomic E-state index is 12.9. The van der Waals surface area contributed by atoms with Crippen LogP contribution < -0.4 is 0 Å².